The third kappa shape index (κ3) is 4.11. The average molecular weight is 396 g/mol. The molecule has 0 saturated heterocycles. The minimum atomic E-state index is -0.153. The molecule has 0 atom stereocenters. The van der Waals surface area contributed by atoms with E-state index in [2.05, 4.69) is 6.92 Å². The first-order chi connectivity index (χ1) is 14.2. The smallest absolute Gasteiger partial charge is 0.306 e. The second-order valence-corrected chi connectivity index (χ2v) is 7.67. The van der Waals surface area contributed by atoms with E-state index in [4.69, 9.17) is 4.74 Å². The molecule has 6 nitrogen and oxygen atoms in total. The Morgan fingerprint density at radius 1 is 0.966 bits per heavy atom. The summed E-state index contributed by atoms with van der Waals surface area (Å²) in [5, 5.41) is 10.3. The molecule has 4 aromatic rings. The Labute approximate surface area is 170 Å². The molecule has 2 aromatic carbocycles. The number of carbonyl (C=O) groups excluding carboxylic acids is 1. The van der Waals surface area contributed by atoms with Crippen LogP contribution in [0.1, 0.15) is 57.4 Å². The normalized spacial score (nSPS) is 11.8. The van der Waals surface area contributed by atoms with Crippen molar-refractivity contribution in [3.05, 3.63) is 48.0 Å². The number of esters is 1. The molecule has 0 aliphatic heterocycles. The first kappa shape index (κ1) is 19.4. The Morgan fingerprint density at radius 2 is 1.66 bits per heavy atom. The van der Waals surface area contributed by atoms with Crippen LogP contribution in [0.15, 0.2) is 42.5 Å². The van der Waals surface area contributed by atoms with Gasteiger partial charge in [-0.25, -0.2) is 0 Å². The highest BCUT2D eigenvalue weighted by molar-refractivity contribution is 5.79. The summed E-state index contributed by atoms with van der Waals surface area (Å²) in [5.41, 5.74) is 3.97. The Morgan fingerprint density at radius 3 is 2.38 bits per heavy atom. The van der Waals surface area contributed by atoms with Crippen LogP contribution in [0, 0.1) is 0 Å². The molecular formula is C23H29N3O3. The van der Waals surface area contributed by atoms with Crippen molar-refractivity contribution in [3.63, 3.8) is 0 Å². The van der Waals surface area contributed by atoms with Crippen LogP contribution in [0.2, 0.25) is 0 Å². The number of unbranched alkanes of at least 4 members (excludes halogenated alkanes) is 5. The van der Waals surface area contributed by atoms with Crippen LogP contribution in [0.3, 0.4) is 0 Å². The Hall–Kier alpha value is -2.89. The van der Waals surface area contributed by atoms with Crippen molar-refractivity contribution in [3.8, 4) is 11.4 Å². The molecule has 2 aromatic heterocycles. The Balaban J connectivity index is 1.28. The number of phenolic OH excluding ortho intramolecular Hbond substituents is 1. The fourth-order valence-electron chi connectivity index (χ4n) is 3.77. The van der Waals surface area contributed by atoms with Gasteiger partial charge in [0.2, 0.25) is 0 Å². The number of carbonyl (C=O) groups is 1. The SMILES string of the molecule is CCCCCCCCOC(=O)CCc1ccc(O)c(-n2n3c4ccccc4n23)c1. The monoisotopic (exact) mass is 395 g/mol. The minimum absolute atomic E-state index is 0.153. The molecule has 2 heterocycles. The van der Waals surface area contributed by atoms with E-state index in [0.29, 0.717) is 19.4 Å². The molecule has 154 valence electrons. The van der Waals surface area contributed by atoms with E-state index >= 15 is 0 Å². The lowest BCUT2D eigenvalue weighted by atomic mass is 10.1. The van der Waals surface area contributed by atoms with Crippen LogP contribution in [-0.2, 0) is 16.0 Å². The third-order valence-electron chi connectivity index (χ3n) is 5.45. The van der Waals surface area contributed by atoms with Crippen LogP contribution >= 0.6 is 0 Å². The van der Waals surface area contributed by atoms with Gasteiger partial charge in [0.1, 0.15) is 22.5 Å². The standard InChI is InChI=1S/C23H29N3O3/c1-2-3-4-5-6-9-16-29-23(28)15-13-18-12-14-22(27)21(17-18)26-24-19-10-7-8-11-20(19)25(24)26/h7-8,10-12,14,17,27H,2-6,9,13,15-16H2,1H3. The number of para-hydroxylation sites is 2. The number of rotatable bonds is 11. The summed E-state index contributed by atoms with van der Waals surface area (Å²) < 4.78 is 9.36. The van der Waals surface area contributed by atoms with E-state index in [1.54, 1.807) is 6.07 Å². The second-order valence-electron chi connectivity index (χ2n) is 7.67. The van der Waals surface area contributed by atoms with Crippen LogP contribution in [0.5, 0.6) is 5.75 Å². The van der Waals surface area contributed by atoms with Gasteiger partial charge in [0.15, 0.2) is 0 Å². The summed E-state index contributed by atoms with van der Waals surface area (Å²) in [5.74, 6) is 0.0691. The van der Waals surface area contributed by atoms with Gasteiger partial charge in [-0.05, 0) is 42.7 Å². The van der Waals surface area contributed by atoms with Crippen molar-refractivity contribution < 1.29 is 14.6 Å². The maximum Gasteiger partial charge on any atom is 0.306 e. The lowest BCUT2D eigenvalue weighted by Crippen LogP contribution is -2.07. The first-order valence-corrected chi connectivity index (χ1v) is 10.7. The predicted octanol–water partition coefficient (Wildman–Crippen LogP) is 4.96. The average Bonchev–Trinajstić information content (AvgIpc) is 3.39. The second kappa shape index (κ2) is 8.64. The largest absolute Gasteiger partial charge is 0.506 e. The molecule has 0 aliphatic carbocycles. The zero-order chi connectivity index (χ0) is 20.2. The summed E-state index contributed by atoms with van der Waals surface area (Å²) in [6.45, 7) is 2.72. The maximum atomic E-state index is 12.0. The van der Waals surface area contributed by atoms with Gasteiger partial charge in [-0.3, -0.25) is 4.79 Å². The minimum Gasteiger partial charge on any atom is -0.506 e. The molecule has 1 N–H and O–H groups in total. The van der Waals surface area contributed by atoms with Crippen molar-refractivity contribution in [1.29, 1.82) is 0 Å². The highest BCUT2D eigenvalue weighted by atomic mass is 16.5. The molecule has 0 radical (unpaired) electrons. The zero-order valence-electron chi connectivity index (χ0n) is 17.0. The first-order valence-electron chi connectivity index (χ1n) is 10.7. The van der Waals surface area contributed by atoms with Crippen molar-refractivity contribution >= 4 is 17.0 Å². The number of hydrogen-bond acceptors (Lipinski definition) is 3. The third-order valence-corrected chi connectivity index (χ3v) is 5.45. The fourth-order valence-corrected chi connectivity index (χ4v) is 3.77. The Bertz CT molecular complexity index is 1030. The fraction of sp³-hybridized carbons (Fsp3) is 0.435. The van der Waals surface area contributed by atoms with Crippen LogP contribution in [0.25, 0.3) is 16.7 Å². The molecule has 0 aliphatic rings. The van der Waals surface area contributed by atoms with Gasteiger partial charge in [0.05, 0.1) is 6.61 Å². The topological polar surface area (TPSA) is 60.3 Å². The van der Waals surface area contributed by atoms with E-state index in [1.165, 1.54) is 25.7 Å². The number of ether oxygens (including phenoxy) is 1. The Kier molecular flexibility index (Phi) is 5.79. The summed E-state index contributed by atoms with van der Waals surface area (Å²) in [6.07, 6.45) is 8.04. The van der Waals surface area contributed by atoms with E-state index in [0.717, 1.165) is 35.1 Å². The van der Waals surface area contributed by atoms with Crippen molar-refractivity contribution in [2.45, 2.75) is 58.3 Å². The molecular weight excluding hydrogens is 366 g/mol. The number of benzene rings is 2. The lowest BCUT2D eigenvalue weighted by molar-refractivity contribution is -0.143. The molecule has 4 rings (SSSR count). The molecule has 6 heteroatoms. The van der Waals surface area contributed by atoms with Gasteiger partial charge >= 0.3 is 5.97 Å². The summed E-state index contributed by atoms with van der Waals surface area (Å²) in [6, 6.07) is 13.6. The number of nitrogens with zero attached hydrogens (tertiary/aromatic N) is 3. The van der Waals surface area contributed by atoms with Gasteiger partial charge in [-0.2, -0.15) is 0 Å². The van der Waals surface area contributed by atoms with Crippen LogP contribution in [0.4, 0.5) is 0 Å². The van der Waals surface area contributed by atoms with Crippen LogP contribution in [-0.4, -0.2) is 31.7 Å². The summed E-state index contributed by atoms with van der Waals surface area (Å²) in [4.78, 5) is 13.9. The van der Waals surface area contributed by atoms with Crippen molar-refractivity contribution in [2.24, 2.45) is 0 Å². The molecule has 0 saturated carbocycles. The van der Waals surface area contributed by atoms with E-state index in [-0.39, 0.29) is 11.7 Å². The molecule has 0 spiro atoms. The predicted molar refractivity (Wildman–Crippen MR) is 113 cm³/mol. The van der Waals surface area contributed by atoms with Gasteiger partial charge < -0.3 is 9.84 Å². The molecule has 0 fully saturated rings. The summed E-state index contributed by atoms with van der Waals surface area (Å²) >= 11 is 0. The van der Waals surface area contributed by atoms with Crippen molar-refractivity contribution in [2.75, 3.05) is 6.61 Å². The van der Waals surface area contributed by atoms with Crippen molar-refractivity contribution in [1.82, 2.24) is 14.1 Å². The van der Waals surface area contributed by atoms with E-state index in [1.807, 2.05) is 50.5 Å². The quantitative estimate of drug-likeness (QED) is 0.288. The van der Waals surface area contributed by atoms with Gasteiger partial charge in [0, 0.05) is 6.42 Å². The zero-order valence-corrected chi connectivity index (χ0v) is 17.0. The molecule has 29 heavy (non-hydrogen) atoms. The highest BCUT2D eigenvalue weighted by Gasteiger charge is 2.25. The number of aromatic hydroxyl groups is 1. The highest BCUT2D eigenvalue weighted by Crippen LogP contribution is 2.31. The van der Waals surface area contributed by atoms with Gasteiger partial charge in [-0.15, -0.1) is 14.1 Å². The van der Waals surface area contributed by atoms with E-state index < -0.39 is 0 Å². The molecule has 0 bridgehead atoms. The maximum absolute atomic E-state index is 12.0. The summed E-state index contributed by atoms with van der Waals surface area (Å²) in [7, 11) is 0. The molecule has 0 amide bonds. The van der Waals surface area contributed by atoms with Crippen LogP contribution < -0.4 is 0 Å². The van der Waals surface area contributed by atoms with Gasteiger partial charge in [-0.1, -0.05) is 57.2 Å². The van der Waals surface area contributed by atoms with Gasteiger partial charge in [0.25, 0.3) is 0 Å². The number of hydrogen-bond donors (Lipinski definition) is 1. The molecule has 0 unspecified atom stereocenters. The number of aryl methyl sites for hydroxylation is 1. The number of phenols is 1. The lowest BCUT2D eigenvalue weighted by Gasteiger charge is -2.06. The van der Waals surface area contributed by atoms with E-state index in [9.17, 15) is 9.90 Å². The number of aromatic nitrogens is 3. The number of fused-ring (bicyclic) bond motifs is 4.